The lowest BCUT2D eigenvalue weighted by atomic mass is 10.4. The Bertz CT molecular complexity index is 214. The lowest BCUT2D eigenvalue weighted by Crippen LogP contribution is -3.14. The molecule has 4 nitrogen and oxygen atoms in total. The minimum Gasteiger partial charge on any atom is -0.458 e. The molecule has 1 saturated heterocycles. The molecule has 0 amide bonds. The Morgan fingerprint density at radius 2 is 1.93 bits per heavy atom. The second-order valence-corrected chi connectivity index (χ2v) is 14.3. The maximum Gasteiger partial charge on any atom is 0.342 e. The topological polar surface area (TPSA) is 40.0 Å². The first-order chi connectivity index (χ1) is 7.00. The van der Waals surface area contributed by atoms with Crippen molar-refractivity contribution in [1.82, 2.24) is 0 Å². The zero-order chi connectivity index (χ0) is 11.3. The van der Waals surface area contributed by atoms with Crippen molar-refractivity contribution < 1.29 is 19.2 Å². The Kier molecular flexibility index (Phi) is 6.94. The number of alkyl halides is 3. The molecular weight excluding hydrogens is 539 g/mol. The average Bonchev–Trinajstić information content (AvgIpc) is 2.18. The molecule has 1 aliphatic rings. The van der Waals surface area contributed by atoms with E-state index in [1.54, 1.807) is 0 Å². The zero-order valence-corrected chi connectivity index (χ0v) is 14.6. The minimum atomic E-state index is -0.479. The van der Waals surface area contributed by atoms with Crippen LogP contribution in [0.3, 0.4) is 0 Å². The Morgan fingerprint density at radius 3 is 2.47 bits per heavy atom. The fourth-order valence-electron chi connectivity index (χ4n) is 1.28. The summed E-state index contributed by atoms with van der Waals surface area (Å²) in [5.41, 5.74) is 0. The van der Waals surface area contributed by atoms with Crippen molar-refractivity contribution in [3.05, 3.63) is 0 Å². The number of halogens is 3. The first-order valence-corrected chi connectivity index (χ1v) is 7.89. The van der Waals surface area contributed by atoms with Crippen molar-refractivity contribution in [2.75, 3.05) is 39.5 Å². The molecule has 0 radical (unpaired) electrons. The van der Waals surface area contributed by atoms with Crippen LogP contribution in [0.15, 0.2) is 0 Å². The van der Waals surface area contributed by atoms with Gasteiger partial charge in [-0.1, -0.05) is 0 Å². The standard InChI is InChI=1S/C8H12I3NO3/c9-8(10,11)7(13)15-6-3-12-1-4-14-5-2-12/h1-6H2/p+1. The van der Waals surface area contributed by atoms with Crippen LogP contribution < -0.4 is 4.90 Å². The van der Waals surface area contributed by atoms with Gasteiger partial charge in [0, 0.05) is 0 Å². The van der Waals surface area contributed by atoms with Crippen LogP contribution in [0.5, 0.6) is 0 Å². The van der Waals surface area contributed by atoms with Crippen LogP contribution in [0.25, 0.3) is 0 Å². The summed E-state index contributed by atoms with van der Waals surface area (Å²) in [6, 6.07) is 0. The smallest absolute Gasteiger partial charge is 0.342 e. The van der Waals surface area contributed by atoms with Gasteiger partial charge in [-0.05, 0) is 67.8 Å². The van der Waals surface area contributed by atoms with E-state index in [0.29, 0.717) is 6.61 Å². The van der Waals surface area contributed by atoms with E-state index in [1.165, 1.54) is 4.90 Å². The molecule has 7 heteroatoms. The Hall–Kier alpha value is 1.58. The van der Waals surface area contributed by atoms with Crippen molar-refractivity contribution >= 4 is 73.7 Å². The maximum absolute atomic E-state index is 11.4. The quantitative estimate of drug-likeness (QED) is 0.313. The van der Waals surface area contributed by atoms with Crippen molar-refractivity contribution in [3.8, 4) is 0 Å². The number of morpholine rings is 1. The summed E-state index contributed by atoms with van der Waals surface area (Å²) in [5, 5.41) is 0. The zero-order valence-electron chi connectivity index (χ0n) is 8.10. The summed E-state index contributed by atoms with van der Waals surface area (Å²) in [7, 11) is 0. The number of hydrogen-bond acceptors (Lipinski definition) is 3. The maximum atomic E-state index is 11.4. The predicted molar refractivity (Wildman–Crippen MR) is 82.1 cm³/mol. The Morgan fingerprint density at radius 1 is 1.33 bits per heavy atom. The molecule has 1 N–H and O–H groups in total. The molecule has 0 aromatic heterocycles. The highest BCUT2D eigenvalue weighted by molar-refractivity contribution is 14.3. The Labute approximate surface area is 130 Å². The largest absolute Gasteiger partial charge is 0.458 e. The SMILES string of the molecule is O=C(OCC[NH+]1CCOCC1)C(I)(I)I. The lowest BCUT2D eigenvalue weighted by Gasteiger charge is -2.23. The highest BCUT2D eigenvalue weighted by Gasteiger charge is 2.30. The lowest BCUT2D eigenvalue weighted by molar-refractivity contribution is -0.908. The van der Waals surface area contributed by atoms with Gasteiger partial charge in [0.15, 0.2) is 0 Å². The third-order valence-corrected chi connectivity index (χ3v) is 3.44. The number of rotatable bonds is 4. The summed E-state index contributed by atoms with van der Waals surface area (Å²) in [6.45, 7) is 5.05. The number of esters is 1. The molecule has 0 aliphatic carbocycles. The minimum absolute atomic E-state index is 0.156. The van der Waals surface area contributed by atoms with Gasteiger partial charge in [0.25, 0.3) is 0 Å². The highest BCUT2D eigenvalue weighted by Crippen LogP contribution is 2.36. The van der Waals surface area contributed by atoms with Crippen molar-refractivity contribution in [3.63, 3.8) is 0 Å². The van der Waals surface area contributed by atoms with Gasteiger partial charge in [-0.15, -0.1) is 0 Å². The third-order valence-electron chi connectivity index (χ3n) is 2.12. The van der Waals surface area contributed by atoms with Crippen LogP contribution in [0.2, 0.25) is 0 Å². The molecule has 1 heterocycles. The molecule has 0 bridgehead atoms. The molecular formula is C8H13I3NO3+. The molecule has 0 unspecified atom stereocenters. The summed E-state index contributed by atoms with van der Waals surface area (Å²) in [5.74, 6) is -0.156. The van der Waals surface area contributed by atoms with Gasteiger partial charge in [0.1, 0.15) is 26.2 Å². The summed E-state index contributed by atoms with van der Waals surface area (Å²) in [4.78, 5) is 12.9. The summed E-state index contributed by atoms with van der Waals surface area (Å²) in [6.07, 6.45) is 0. The van der Waals surface area contributed by atoms with Gasteiger partial charge in [0.05, 0.1) is 13.2 Å². The Balaban J connectivity index is 2.12. The number of nitrogens with one attached hydrogen (secondary N) is 1. The highest BCUT2D eigenvalue weighted by atomic mass is 127. The van der Waals surface area contributed by atoms with Gasteiger partial charge in [-0.3, -0.25) is 0 Å². The van der Waals surface area contributed by atoms with E-state index < -0.39 is -0.565 Å². The van der Waals surface area contributed by atoms with Gasteiger partial charge < -0.3 is 14.4 Å². The van der Waals surface area contributed by atoms with E-state index >= 15 is 0 Å². The molecule has 0 aromatic rings. The van der Waals surface area contributed by atoms with Crippen LogP contribution >= 0.6 is 67.8 Å². The van der Waals surface area contributed by atoms with Crippen LogP contribution in [-0.2, 0) is 14.3 Å². The first-order valence-electron chi connectivity index (χ1n) is 4.65. The van der Waals surface area contributed by atoms with Crippen molar-refractivity contribution in [2.45, 2.75) is -0.565 Å². The second-order valence-electron chi connectivity index (χ2n) is 3.25. The van der Waals surface area contributed by atoms with E-state index in [9.17, 15) is 4.79 Å². The molecule has 88 valence electrons. The third kappa shape index (κ3) is 6.17. The number of hydrogen-bond donors (Lipinski definition) is 1. The predicted octanol–water partition coefficient (Wildman–Crippen LogP) is 0.403. The molecule has 0 spiro atoms. The number of ether oxygens (including phenoxy) is 2. The van der Waals surface area contributed by atoms with Crippen LogP contribution in [-0.4, -0.2) is 44.9 Å². The molecule has 1 rings (SSSR count). The second kappa shape index (κ2) is 7.11. The molecule has 1 fully saturated rings. The first kappa shape index (κ1) is 14.6. The summed E-state index contributed by atoms with van der Waals surface area (Å²) >= 11 is 6.21. The molecule has 0 atom stereocenters. The van der Waals surface area contributed by atoms with Gasteiger partial charge >= 0.3 is 5.97 Å². The van der Waals surface area contributed by atoms with E-state index in [1.807, 2.05) is 0 Å². The monoisotopic (exact) mass is 552 g/mol. The fourth-order valence-corrected chi connectivity index (χ4v) is 1.75. The van der Waals surface area contributed by atoms with Gasteiger partial charge in [-0.2, -0.15) is 0 Å². The van der Waals surface area contributed by atoms with Crippen molar-refractivity contribution in [2.24, 2.45) is 0 Å². The van der Waals surface area contributed by atoms with E-state index in [0.717, 1.165) is 32.8 Å². The fraction of sp³-hybridized carbons (Fsp3) is 0.875. The van der Waals surface area contributed by atoms with E-state index in [-0.39, 0.29) is 5.97 Å². The van der Waals surface area contributed by atoms with Crippen LogP contribution in [0.1, 0.15) is 0 Å². The van der Waals surface area contributed by atoms with E-state index in [2.05, 4.69) is 67.8 Å². The van der Waals surface area contributed by atoms with Gasteiger partial charge in [-0.25, -0.2) is 4.79 Å². The average molecular weight is 552 g/mol. The van der Waals surface area contributed by atoms with Crippen LogP contribution in [0, 0.1) is 0 Å². The summed E-state index contributed by atoms with van der Waals surface area (Å²) < 4.78 is 9.96. The van der Waals surface area contributed by atoms with Gasteiger partial charge in [0.2, 0.25) is -0.565 Å². The normalized spacial score (nSPS) is 18.9. The molecule has 15 heavy (non-hydrogen) atoms. The molecule has 1 aliphatic heterocycles. The molecule has 0 aromatic carbocycles. The van der Waals surface area contributed by atoms with Crippen LogP contribution in [0.4, 0.5) is 0 Å². The molecule has 0 saturated carbocycles. The van der Waals surface area contributed by atoms with E-state index in [4.69, 9.17) is 9.47 Å². The van der Waals surface area contributed by atoms with Crippen molar-refractivity contribution in [1.29, 1.82) is 0 Å². The number of quaternary nitrogens is 1. The number of carbonyl (C=O) groups is 1. The number of carbonyl (C=O) groups excluding carboxylic acids is 1.